The molecule has 0 bridgehead atoms. The van der Waals surface area contributed by atoms with E-state index in [1.165, 1.54) is 35.5 Å². The summed E-state index contributed by atoms with van der Waals surface area (Å²) >= 11 is 0. The first-order valence-electron chi connectivity index (χ1n) is 12.3. The zero-order valence-corrected chi connectivity index (χ0v) is 21.3. The molecule has 0 radical (unpaired) electrons. The number of carbonyl (C=O) groups is 2. The van der Waals surface area contributed by atoms with E-state index in [1.54, 1.807) is 13.0 Å². The number of benzene rings is 2. The first kappa shape index (κ1) is 26.7. The van der Waals surface area contributed by atoms with E-state index in [2.05, 4.69) is 21.9 Å². The maximum absolute atomic E-state index is 14.7. The van der Waals surface area contributed by atoms with E-state index >= 15 is 0 Å². The molecule has 1 heterocycles. The predicted octanol–water partition coefficient (Wildman–Crippen LogP) is 4.86. The molecule has 0 saturated heterocycles. The fourth-order valence-electron chi connectivity index (χ4n) is 4.16. The highest BCUT2D eigenvalue weighted by atomic mass is 19.1. The average molecular weight is 522 g/mol. The van der Waals surface area contributed by atoms with E-state index in [1.807, 2.05) is 6.92 Å². The summed E-state index contributed by atoms with van der Waals surface area (Å²) in [6, 6.07) is 6.96. The van der Waals surface area contributed by atoms with Crippen LogP contribution in [-0.2, 0) is 4.79 Å². The molecule has 0 atom stereocenters. The Labute approximate surface area is 219 Å². The van der Waals surface area contributed by atoms with Crippen LogP contribution in [0.2, 0.25) is 0 Å². The van der Waals surface area contributed by atoms with Crippen molar-refractivity contribution in [2.24, 2.45) is 0 Å². The summed E-state index contributed by atoms with van der Waals surface area (Å²) in [4.78, 5) is 34.6. The van der Waals surface area contributed by atoms with Crippen LogP contribution in [0.25, 0.3) is 11.3 Å². The van der Waals surface area contributed by atoms with Crippen LogP contribution in [0.3, 0.4) is 0 Å². The predicted molar refractivity (Wildman–Crippen MR) is 141 cm³/mol. The second kappa shape index (κ2) is 11.4. The van der Waals surface area contributed by atoms with E-state index < -0.39 is 17.5 Å². The number of aromatic nitrogens is 2. The van der Waals surface area contributed by atoms with Gasteiger partial charge >= 0.3 is 0 Å². The van der Waals surface area contributed by atoms with Crippen LogP contribution >= 0.6 is 0 Å². The second-order valence-electron chi connectivity index (χ2n) is 9.00. The zero-order chi connectivity index (χ0) is 27.4. The highest BCUT2D eigenvalue weighted by molar-refractivity contribution is 6.05. The lowest BCUT2D eigenvalue weighted by Gasteiger charge is -2.20. The van der Waals surface area contributed by atoms with Crippen LogP contribution in [-0.4, -0.2) is 46.4 Å². The zero-order valence-electron chi connectivity index (χ0n) is 21.3. The molecule has 1 aliphatic rings. The largest absolute Gasteiger partial charge is 0.486 e. The van der Waals surface area contributed by atoms with Gasteiger partial charge in [0.25, 0.3) is 5.91 Å². The normalized spacial score (nSPS) is 12.6. The fourth-order valence-corrected chi connectivity index (χ4v) is 4.16. The third kappa shape index (κ3) is 5.80. The Bertz CT molecular complexity index is 1390. The lowest BCUT2D eigenvalue weighted by molar-refractivity contribution is -0.126. The van der Waals surface area contributed by atoms with Crippen LogP contribution in [0.15, 0.2) is 49.3 Å². The molecule has 0 unspecified atom stereocenters. The molecular weight excluding hydrogens is 492 g/mol. The monoisotopic (exact) mass is 521 g/mol. The highest BCUT2D eigenvalue weighted by Gasteiger charge is 2.25. The van der Waals surface area contributed by atoms with Gasteiger partial charge < -0.3 is 20.7 Å². The third-order valence-electron chi connectivity index (χ3n) is 6.47. The molecule has 3 N–H and O–H groups in total. The Morgan fingerprint density at radius 1 is 1.24 bits per heavy atom. The number of hydrogen-bond donors (Lipinski definition) is 2. The van der Waals surface area contributed by atoms with Crippen LogP contribution in [0.5, 0.6) is 5.75 Å². The first-order chi connectivity index (χ1) is 18.2. The molecule has 1 fully saturated rings. The molecule has 1 saturated carbocycles. The summed E-state index contributed by atoms with van der Waals surface area (Å²) in [7, 11) is 0. The van der Waals surface area contributed by atoms with Crippen molar-refractivity contribution in [2.45, 2.75) is 32.6 Å². The molecule has 1 aliphatic carbocycles. The van der Waals surface area contributed by atoms with Crippen molar-refractivity contribution < 1.29 is 23.1 Å². The summed E-state index contributed by atoms with van der Waals surface area (Å²) in [5.41, 5.74) is 7.92. The van der Waals surface area contributed by atoms with E-state index in [-0.39, 0.29) is 47.6 Å². The molecule has 2 amide bonds. The molecule has 2 aromatic carbocycles. The molecule has 8 nitrogen and oxygen atoms in total. The number of carbonyl (C=O) groups excluding carboxylic acids is 2. The van der Waals surface area contributed by atoms with E-state index in [4.69, 9.17) is 10.5 Å². The number of nitrogen functional groups attached to an aromatic ring is 1. The summed E-state index contributed by atoms with van der Waals surface area (Å²) in [5.74, 6) is -1.73. The standard InChI is InChI=1S/C28H29F2N5O3/c1-4-24(36)35(5-2)10-11-38-26-25(32-15-33-27(26)31)21-13-19(29)14-23(16(21)3)34-28(37)20-9-8-18(12-22(20)30)17-6-7-17/h4,8-9,12-15,17H,1,5-7,10-11H2,2-3H3,(H,34,37)(H2,31,32,33). The van der Waals surface area contributed by atoms with E-state index in [0.717, 1.165) is 24.5 Å². The van der Waals surface area contributed by atoms with Crippen molar-refractivity contribution in [3.05, 3.63) is 77.6 Å². The second-order valence-corrected chi connectivity index (χ2v) is 9.00. The van der Waals surface area contributed by atoms with E-state index in [0.29, 0.717) is 23.6 Å². The summed E-state index contributed by atoms with van der Waals surface area (Å²) in [6.07, 6.45) is 4.46. The number of nitrogens with zero attached hydrogens (tertiary/aromatic N) is 3. The molecule has 10 heteroatoms. The minimum absolute atomic E-state index is 0.0279. The van der Waals surface area contributed by atoms with Gasteiger partial charge in [0.2, 0.25) is 5.91 Å². The molecule has 1 aromatic heterocycles. The number of amides is 2. The Balaban J connectivity index is 1.60. The maximum Gasteiger partial charge on any atom is 0.258 e. The van der Waals surface area contributed by atoms with Gasteiger partial charge in [0, 0.05) is 17.8 Å². The van der Waals surface area contributed by atoms with Crippen molar-refractivity contribution in [2.75, 3.05) is 30.7 Å². The van der Waals surface area contributed by atoms with E-state index in [9.17, 15) is 18.4 Å². The Morgan fingerprint density at radius 2 is 2.00 bits per heavy atom. The van der Waals surface area contributed by atoms with Gasteiger partial charge in [0.15, 0.2) is 11.6 Å². The summed E-state index contributed by atoms with van der Waals surface area (Å²) < 4.78 is 35.3. The van der Waals surface area contributed by atoms with Crippen LogP contribution in [0.1, 0.15) is 47.2 Å². The Morgan fingerprint density at radius 3 is 2.66 bits per heavy atom. The quantitative estimate of drug-likeness (QED) is 0.369. The number of ether oxygens (including phenoxy) is 1. The molecule has 0 spiro atoms. The van der Waals surface area contributed by atoms with Gasteiger partial charge in [-0.15, -0.1) is 0 Å². The molecule has 3 aromatic rings. The molecule has 38 heavy (non-hydrogen) atoms. The smallest absolute Gasteiger partial charge is 0.258 e. The van der Waals surface area contributed by atoms with Gasteiger partial charge in [-0.2, -0.15) is 0 Å². The minimum atomic E-state index is -0.699. The average Bonchev–Trinajstić information content (AvgIpc) is 3.74. The number of rotatable bonds is 10. The van der Waals surface area contributed by atoms with Crippen LogP contribution in [0.4, 0.5) is 20.3 Å². The summed E-state index contributed by atoms with van der Waals surface area (Å²) in [6.45, 7) is 7.77. The number of nitrogens with two attached hydrogens (primary N) is 1. The Kier molecular flexibility index (Phi) is 7.99. The topological polar surface area (TPSA) is 110 Å². The van der Waals surface area contributed by atoms with Gasteiger partial charge in [-0.3, -0.25) is 9.59 Å². The lowest BCUT2D eigenvalue weighted by atomic mass is 10.0. The van der Waals surface area contributed by atoms with Crippen molar-refractivity contribution >= 4 is 23.3 Å². The first-order valence-corrected chi connectivity index (χ1v) is 12.3. The maximum atomic E-state index is 14.7. The number of halogens is 2. The van der Waals surface area contributed by atoms with Gasteiger partial charge in [0.05, 0.1) is 12.1 Å². The Hall–Kier alpha value is -4.34. The van der Waals surface area contributed by atoms with Crippen molar-refractivity contribution in [1.82, 2.24) is 14.9 Å². The van der Waals surface area contributed by atoms with Gasteiger partial charge in [-0.1, -0.05) is 12.6 Å². The fraction of sp³-hybridized carbons (Fsp3) is 0.286. The van der Waals surface area contributed by atoms with Gasteiger partial charge in [0.1, 0.15) is 30.3 Å². The number of nitrogens with one attached hydrogen (secondary N) is 1. The third-order valence-corrected chi connectivity index (χ3v) is 6.47. The number of hydrogen-bond acceptors (Lipinski definition) is 6. The van der Waals surface area contributed by atoms with Gasteiger partial charge in [-0.05, 0) is 74.1 Å². The van der Waals surface area contributed by atoms with Crippen LogP contribution < -0.4 is 15.8 Å². The SMILES string of the molecule is C=CC(=O)N(CC)CCOc1c(N)ncnc1-c1cc(F)cc(NC(=O)c2ccc(C3CC3)cc2F)c1C. The van der Waals surface area contributed by atoms with Crippen molar-refractivity contribution in [3.8, 4) is 17.0 Å². The lowest BCUT2D eigenvalue weighted by Crippen LogP contribution is -2.33. The molecular formula is C28H29F2N5O3. The van der Waals surface area contributed by atoms with Crippen molar-refractivity contribution in [1.29, 1.82) is 0 Å². The van der Waals surface area contributed by atoms with Crippen LogP contribution in [0, 0.1) is 18.6 Å². The van der Waals surface area contributed by atoms with Crippen molar-refractivity contribution in [3.63, 3.8) is 0 Å². The number of anilines is 2. The summed E-state index contributed by atoms with van der Waals surface area (Å²) in [5, 5.41) is 2.61. The van der Waals surface area contributed by atoms with Gasteiger partial charge in [-0.25, -0.2) is 18.7 Å². The molecule has 4 rings (SSSR count). The molecule has 0 aliphatic heterocycles. The molecule has 198 valence electrons. The minimum Gasteiger partial charge on any atom is -0.486 e. The highest BCUT2D eigenvalue weighted by Crippen LogP contribution is 2.40. The number of likely N-dealkylation sites (N-methyl/N-ethyl adjacent to an activating group) is 1.